The molecule has 1 aromatic carbocycles. The summed E-state index contributed by atoms with van der Waals surface area (Å²) in [5, 5.41) is 13.0. The van der Waals surface area contributed by atoms with E-state index in [4.69, 9.17) is 5.26 Å². The second-order valence-corrected chi connectivity index (χ2v) is 5.49. The predicted molar refractivity (Wildman–Crippen MR) is 76.7 cm³/mol. The molecule has 0 aliphatic carbocycles. The lowest BCUT2D eigenvalue weighted by atomic mass is 10.1. The van der Waals surface area contributed by atoms with Gasteiger partial charge in [0.05, 0.1) is 17.8 Å². The highest BCUT2D eigenvalue weighted by molar-refractivity contribution is 5.33. The van der Waals surface area contributed by atoms with E-state index >= 15 is 0 Å². The van der Waals surface area contributed by atoms with Crippen molar-refractivity contribution in [1.82, 2.24) is 14.7 Å². The van der Waals surface area contributed by atoms with Gasteiger partial charge in [-0.05, 0) is 31.5 Å². The minimum atomic E-state index is -0.300. The van der Waals surface area contributed by atoms with Crippen LogP contribution >= 0.6 is 0 Å². The van der Waals surface area contributed by atoms with Gasteiger partial charge in [-0.2, -0.15) is 10.4 Å². The quantitative estimate of drug-likeness (QED) is 0.870. The van der Waals surface area contributed by atoms with E-state index in [9.17, 15) is 4.39 Å². The Morgan fingerprint density at radius 1 is 1.48 bits per heavy atom. The lowest BCUT2D eigenvalue weighted by Crippen LogP contribution is -2.23. The first-order valence-corrected chi connectivity index (χ1v) is 7.08. The molecule has 1 aliphatic heterocycles. The molecule has 1 saturated heterocycles. The van der Waals surface area contributed by atoms with Crippen molar-refractivity contribution in [3.8, 4) is 6.07 Å². The van der Waals surface area contributed by atoms with Crippen LogP contribution < -0.4 is 0 Å². The molecular weight excluding hydrogens is 267 g/mol. The first-order valence-electron chi connectivity index (χ1n) is 7.08. The van der Waals surface area contributed by atoms with Crippen molar-refractivity contribution in [2.24, 2.45) is 7.05 Å². The van der Waals surface area contributed by atoms with Crippen LogP contribution in [0.2, 0.25) is 0 Å². The number of aryl methyl sites for hydroxylation is 1. The summed E-state index contributed by atoms with van der Waals surface area (Å²) >= 11 is 0. The Labute approximate surface area is 123 Å². The van der Waals surface area contributed by atoms with Gasteiger partial charge in [0.25, 0.3) is 0 Å². The highest BCUT2D eigenvalue weighted by Gasteiger charge is 2.27. The van der Waals surface area contributed by atoms with Crippen molar-refractivity contribution >= 4 is 0 Å². The van der Waals surface area contributed by atoms with E-state index < -0.39 is 0 Å². The molecule has 1 aromatic heterocycles. The van der Waals surface area contributed by atoms with Crippen LogP contribution in [-0.2, 0) is 13.6 Å². The number of rotatable bonds is 3. The molecule has 108 valence electrons. The fourth-order valence-corrected chi connectivity index (χ4v) is 2.97. The summed E-state index contributed by atoms with van der Waals surface area (Å²) in [7, 11) is 1.91. The average Bonchev–Trinajstić information content (AvgIpc) is 3.09. The summed E-state index contributed by atoms with van der Waals surface area (Å²) in [5.41, 5.74) is 2.19. The van der Waals surface area contributed by atoms with Crippen molar-refractivity contribution in [2.45, 2.75) is 25.4 Å². The van der Waals surface area contributed by atoms with Gasteiger partial charge in [-0.15, -0.1) is 0 Å². The molecule has 0 spiro atoms. The fraction of sp³-hybridized carbons (Fsp3) is 0.375. The minimum Gasteiger partial charge on any atom is -0.292 e. The van der Waals surface area contributed by atoms with Gasteiger partial charge in [0.1, 0.15) is 5.82 Å². The Kier molecular flexibility index (Phi) is 3.72. The second kappa shape index (κ2) is 5.66. The monoisotopic (exact) mass is 284 g/mol. The Balaban J connectivity index is 1.79. The molecule has 2 aromatic rings. The van der Waals surface area contributed by atoms with Crippen LogP contribution in [-0.4, -0.2) is 21.2 Å². The number of hydrogen-bond donors (Lipinski definition) is 0. The summed E-state index contributed by atoms with van der Waals surface area (Å²) < 4.78 is 15.8. The zero-order chi connectivity index (χ0) is 14.8. The van der Waals surface area contributed by atoms with E-state index in [0.717, 1.165) is 19.4 Å². The number of likely N-dealkylation sites (tertiary alicyclic amines) is 1. The molecule has 0 bridgehead atoms. The van der Waals surface area contributed by atoms with Gasteiger partial charge in [-0.3, -0.25) is 9.58 Å². The van der Waals surface area contributed by atoms with Gasteiger partial charge in [-0.25, -0.2) is 4.39 Å². The Morgan fingerprint density at radius 2 is 2.33 bits per heavy atom. The third kappa shape index (κ3) is 2.81. The maximum Gasteiger partial charge on any atom is 0.129 e. The molecule has 0 unspecified atom stereocenters. The Morgan fingerprint density at radius 3 is 3.00 bits per heavy atom. The molecule has 2 heterocycles. The third-order valence-electron chi connectivity index (χ3n) is 4.03. The molecule has 21 heavy (non-hydrogen) atoms. The summed E-state index contributed by atoms with van der Waals surface area (Å²) in [6.07, 6.45) is 6.09. The van der Waals surface area contributed by atoms with Crippen LogP contribution in [0, 0.1) is 17.1 Å². The molecule has 1 atom stereocenters. The molecule has 4 nitrogen and oxygen atoms in total. The SMILES string of the molecule is Cn1cc([C@@H]2CCCN2Cc2ccc(C#N)cc2F)cn1. The van der Waals surface area contributed by atoms with Crippen LogP contribution in [0.25, 0.3) is 0 Å². The number of aromatic nitrogens is 2. The van der Waals surface area contributed by atoms with Gasteiger partial charge in [-0.1, -0.05) is 6.07 Å². The smallest absolute Gasteiger partial charge is 0.129 e. The lowest BCUT2D eigenvalue weighted by molar-refractivity contribution is 0.245. The fourth-order valence-electron chi connectivity index (χ4n) is 2.97. The van der Waals surface area contributed by atoms with Crippen molar-refractivity contribution in [2.75, 3.05) is 6.54 Å². The van der Waals surface area contributed by atoms with Crippen LogP contribution in [0.15, 0.2) is 30.6 Å². The van der Waals surface area contributed by atoms with Crippen molar-refractivity contribution in [1.29, 1.82) is 5.26 Å². The highest BCUT2D eigenvalue weighted by atomic mass is 19.1. The van der Waals surface area contributed by atoms with E-state index in [1.807, 2.05) is 25.5 Å². The van der Waals surface area contributed by atoms with Crippen molar-refractivity contribution < 1.29 is 4.39 Å². The van der Waals surface area contributed by atoms with E-state index in [1.54, 1.807) is 16.8 Å². The first-order chi connectivity index (χ1) is 10.2. The van der Waals surface area contributed by atoms with Gasteiger partial charge >= 0.3 is 0 Å². The summed E-state index contributed by atoms with van der Waals surface area (Å²) in [4.78, 5) is 2.28. The standard InChI is InChI=1S/C16H17FN4/c1-20-10-14(9-19-20)16-3-2-6-21(16)11-13-5-4-12(8-18)7-15(13)17/h4-5,7,9-10,16H,2-3,6,11H2,1H3/t16-/m0/s1. The van der Waals surface area contributed by atoms with E-state index in [0.29, 0.717) is 23.7 Å². The zero-order valence-corrected chi connectivity index (χ0v) is 12.0. The molecule has 0 N–H and O–H groups in total. The second-order valence-electron chi connectivity index (χ2n) is 5.49. The van der Waals surface area contributed by atoms with Crippen LogP contribution in [0.5, 0.6) is 0 Å². The summed E-state index contributed by atoms with van der Waals surface area (Å²) in [5.74, 6) is -0.300. The average molecular weight is 284 g/mol. The normalized spacial score (nSPS) is 18.8. The maximum absolute atomic E-state index is 14.0. The number of nitrogens with zero attached hydrogens (tertiary/aromatic N) is 4. The van der Waals surface area contributed by atoms with E-state index in [1.165, 1.54) is 11.6 Å². The molecule has 0 amide bonds. The maximum atomic E-state index is 14.0. The zero-order valence-electron chi connectivity index (χ0n) is 12.0. The number of nitriles is 1. The lowest BCUT2D eigenvalue weighted by Gasteiger charge is -2.23. The number of halogens is 1. The van der Waals surface area contributed by atoms with Crippen LogP contribution in [0.4, 0.5) is 4.39 Å². The highest BCUT2D eigenvalue weighted by Crippen LogP contribution is 2.33. The molecular formula is C16H17FN4. The Hall–Kier alpha value is -2.19. The molecule has 5 heteroatoms. The topological polar surface area (TPSA) is 44.9 Å². The first kappa shape index (κ1) is 13.8. The van der Waals surface area contributed by atoms with Crippen LogP contribution in [0.1, 0.15) is 35.6 Å². The third-order valence-corrected chi connectivity index (χ3v) is 4.03. The molecule has 0 saturated carbocycles. The molecule has 1 aliphatic rings. The minimum absolute atomic E-state index is 0.300. The molecule has 3 rings (SSSR count). The van der Waals surface area contributed by atoms with Gasteiger partial charge in [0.2, 0.25) is 0 Å². The largest absolute Gasteiger partial charge is 0.292 e. The predicted octanol–water partition coefficient (Wildman–Crippen LogP) is 2.77. The van der Waals surface area contributed by atoms with Crippen molar-refractivity contribution in [3.63, 3.8) is 0 Å². The number of benzene rings is 1. The van der Waals surface area contributed by atoms with Gasteiger partial charge in [0.15, 0.2) is 0 Å². The van der Waals surface area contributed by atoms with Crippen molar-refractivity contribution in [3.05, 3.63) is 53.1 Å². The van der Waals surface area contributed by atoms with E-state index in [2.05, 4.69) is 10.00 Å². The summed E-state index contributed by atoms with van der Waals surface area (Å²) in [6.45, 7) is 1.52. The van der Waals surface area contributed by atoms with Gasteiger partial charge in [0, 0.05) is 37.0 Å². The number of hydrogen-bond acceptors (Lipinski definition) is 3. The van der Waals surface area contributed by atoms with Crippen LogP contribution in [0.3, 0.4) is 0 Å². The summed E-state index contributed by atoms with van der Waals surface area (Å²) in [6, 6.07) is 6.96. The molecule has 0 radical (unpaired) electrons. The van der Waals surface area contributed by atoms with E-state index in [-0.39, 0.29) is 5.82 Å². The Bertz CT molecular complexity index is 686. The molecule has 1 fully saturated rings. The van der Waals surface area contributed by atoms with Gasteiger partial charge < -0.3 is 0 Å².